The zero-order valence-corrected chi connectivity index (χ0v) is 23.6. The summed E-state index contributed by atoms with van der Waals surface area (Å²) in [5.74, 6) is 0.991. The number of carbonyl (C=O) groups excluding carboxylic acids is 2. The first kappa shape index (κ1) is 29.5. The van der Waals surface area contributed by atoms with E-state index in [0.29, 0.717) is 24.0 Å². The van der Waals surface area contributed by atoms with Gasteiger partial charge in [-0.25, -0.2) is 19.2 Å². The summed E-state index contributed by atoms with van der Waals surface area (Å²) in [7, 11) is 0. The maximum atomic E-state index is 14.2. The van der Waals surface area contributed by atoms with Crippen molar-refractivity contribution < 1.29 is 23.5 Å². The molecule has 1 aromatic heterocycles. The molecule has 3 N–H and O–H groups in total. The van der Waals surface area contributed by atoms with E-state index in [-0.39, 0.29) is 35.4 Å². The molecule has 2 fully saturated rings. The Morgan fingerprint density at radius 3 is 2.52 bits per heavy atom. The van der Waals surface area contributed by atoms with E-state index in [4.69, 9.17) is 15.2 Å². The minimum atomic E-state index is -0.684. The monoisotopic (exact) mass is 556 g/mol. The molecule has 10 nitrogen and oxygen atoms in total. The van der Waals surface area contributed by atoms with Gasteiger partial charge in [0.15, 0.2) is 11.6 Å². The number of nitrogens with two attached hydrogens (primary N) is 1. The minimum absolute atomic E-state index is 0.0392. The van der Waals surface area contributed by atoms with Gasteiger partial charge in [0.1, 0.15) is 24.0 Å². The van der Waals surface area contributed by atoms with E-state index in [1.165, 1.54) is 24.5 Å². The smallest absolute Gasteiger partial charge is 0.404 e. The molecule has 0 unspecified atom stereocenters. The molecule has 40 heavy (non-hydrogen) atoms. The van der Waals surface area contributed by atoms with Gasteiger partial charge in [0, 0.05) is 38.3 Å². The molecule has 2 amide bonds. The van der Waals surface area contributed by atoms with Crippen LogP contribution in [0.3, 0.4) is 0 Å². The number of likely N-dealkylation sites (tertiary alicyclic amines) is 1. The van der Waals surface area contributed by atoms with Crippen molar-refractivity contribution in [2.75, 3.05) is 31.5 Å². The third-order valence-electron chi connectivity index (χ3n) is 7.82. The highest BCUT2D eigenvalue weighted by atomic mass is 19.1. The molecule has 2 heterocycles. The zero-order chi connectivity index (χ0) is 28.6. The number of hydrogen-bond donors (Lipinski definition) is 2. The molecule has 1 aliphatic heterocycles. The van der Waals surface area contributed by atoms with E-state index in [1.54, 1.807) is 11.1 Å². The third-order valence-corrected chi connectivity index (χ3v) is 7.82. The lowest BCUT2D eigenvalue weighted by Crippen LogP contribution is -2.42. The first-order valence-electron chi connectivity index (χ1n) is 14.3. The quantitative estimate of drug-likeness (QED) is 0.428. The van der Waals surface area contributed by atoms with Crippen LogP contribution in [-0.4, -0.2) is 76.1 Å². The van der Waals surface area contributed by atoms with Gasteiger partial charge in [-0.3, -0.25) is 4.79 Å². The van der Waals surface area contributed by atoms with Crippen molar-refractivity contribution in [1.82, 2.24) is 19.8 Å². The molecule has 4 rings (SSSR count). The highest BCUT2D eigenvalue weighted by molar-refractivity contribution is 5.97. The average molecular weight is 557 g/mol. The van der Waals surface area contributed by atoms with Crippen LogP contribution in [0.4, 0.5) is 15.0 Å². The van der Waals surface area contributed by atoms with Crippen molar-refractivity contribution in [3.8, 4) is 11.5 Å². The number of ether oxygens (including phenoxy) is 2. The Balaban J connectivity index is 1.35. The van der Waals surface area contributed by atoms with Crippen LogP contribution in [0.2, 0.25) is 0 Å². The molecular weight excluding hydrogens is 515 g/mol. The van der Waals surface area contributed by atoms with Crippen molar-refractivity contribution in [2.24, 2.45) is 11.7 Å². The summed E-state index contributed by atoms with van der Waals surface area (Å²) in [4.78, 5) is 36.9. The van der Waals surface area contributed by atoms with Gasteiger partial charge in [0.2, 0.25) is 0 Å². The van der Waals surface area contributed by atoms with Gasteiger partial charge in [-0.2, -0.15) is 0 Å². The van der Waals surface area contributed by atoms with Gasteiger partial charge >= 0.3 is 6.09 Å². The first-order chi connectivity index (χ1) is 19.2. The Bertz CT molecular complexity index is 1150. The summed E-state index contributed by atoms with van der Waals surface area (Å²) >= 11 is 0. The molecule has 1 aromatic carbocycles. The van der Waals surface area contributed by atoms with Gasteiger partial charge in [0.05, 0.1) is 11.8 Å². The molecule has 218 valence electrons. The number of anilines is 1. The molecule has 11 heteroatoms. The van der Waals surface area contributed by atoms with E-state index in [2.05, 4.69) is 20.2 Å². The van der Waals surface area contributed by atoms with E-state index in [0.717, 1.165) is 58.2 Å². The van der Waals surface area contributed by atoms with Gasteiger partial charge < -0.3 is 30.3 Å². The van der Waals surface area contributed by atoms with Crippen LogP contribution in [0.25, 0.3) is 0 Å². The van der Waals surface area contributed by atoms with Crippen LogP contribution >= 0.6 is 0 Å². The highest BCUT2D eigenvalue weighted by Crippen LogP contribution is 2.33. The maximum Gasteiger partial charge on any atom is 0.404 e. The van der Waals surface area contributed by atoms with E-state index in [9.17, 15) is 14.0 Å². The van der Waals surface area contributed by atoms with Gasteiger partial charge in [-0.05, 0) is 83.4 Å². The summed E-state index contributed by atoms with van der Waals surface area (Å²) in [6.07, 6.45) is 8.01. The van der Waals surface area contributed by atoms with Crippen molar-refractivity contribution in [1.29, 1.82) is 0 Å². The van der Waals surface area contributed by atoms with Gasteiger partial charge in [-0.1, -0.05) is 0 Å². The fourth-order valence-electron chi connectivity index (χ4n) is 5.69. The van der Waals surface area contributed by atoms with Crippen molar-refractivity contribution in [2.45, 2.75) is 77.5 Å². The normalized spacial score (nSPS) is 20.2. The molecule has 1 saturated carbocycles. The topological polar surface area (TPSA) is 123 Å². The number of piperidine rings is 1. The summed E-state index contributed by atoms with van der Waals surface area (Å²) in [5, 5.41) is 3.50. The summed E-state index contributed by atoms with van der Waals surface area (Å²) in [5.41, 5.74) is 5.31. The lowest BCUT2D eigenvalue weighted by Gasteiger charge is -2.36. The number of aromatic nitrogens is 2. The van der Waals surface area contributed by atoms with Crippen molar-refractivity contribution in [3.05, 3.63) is 42.1 Å². The fourth-order valence-corrected chi connectivity index (χ4v) is 5.69. The number of halogens is 1. The van der Waals surface area contributed by atoms with E-state index < -0.39 is 11.9 Å². The van der Waals surface area contributed by atoms with Gasteiger partial charge in [-0.15, -0.1) is 0 Å². The molecule has 1 aliphatic carbocycles. The molecule has 1 saturated heterocycles. The van der Waals surface area contributed by atoms with Crippen LogP contribution in [0.1, 0.15) is 69.7 Å². The Morgan fingerprint density at radius 1 is 1.15 bits per heavy atom. The fraction of sp³-hybridized carbons (Fsp3) is 0.586. The number of hydrogen-bond acceptors (Lipinski definition) is 8. The number of benzene rings is 1. The summed E-state index contributed by atoms with van der Waals surface area (Å²) in [6, 6.07) is 4.13. The standard InChI is InChI=1S/C29H41FN6O4/c1-4-36(19(2)3)28(37)24-15-21(30)7-10-25(24)40-26-16-32-18-33-27(26)34-22-11-13-35(14-12-22)17-20-5-8-23(9-6-20)39-29(31)38/h7,10,15-16,18-20,22-23H,4-6,8-9,11-14,17H2,1-3H3,(H2,31,38)(H,32,33,34). The lowest BCUT2D eigenvalue weighted by atomic mass is 9.86. The molecule has 2 aromatic rings. The lowest BCUT2D eigenvalue weighted by molar-refractivity contribution is 0.0619. The number of nitrogens with zero attached hydrogens (tertiary/aromatic N) is 4. The SMILES string of the molecule is CCN(C(=O)c1cc(F)ccc1Oc1cncnc1NC1CCN(CC2CCC(OC(N)=O)CC2)CC1)C(C)C. The molecule has 0 atom stereocenters. The third kappa shape index (κ3) is 7.80. The van der Waals surface area contributed by atoms with E-state index >= 15 is 0 Å². The van der Waals surface area contributed by atoms with E-state index in [1.807, 2.05) is 20.8 Å². The molecule has 0 radical (unpaired) electrons. The Labute approximate surface area is 235 Å². The number of amides is 2. The molecule has 0 spiro atoms. The zero-order valence-electron chi connectivity index (χ0n) is 23.6. The van der Waals surface area contributed by atoms with Crippen LogP contribution < -0.4 is 15.8 Å². The predicted octanol–water partition coefficient (Wildman–Crippen LogP) is 4.81. The summed E-state index contributed by atoms with van der Waals surface area (Å²) < 4.78 is 25.4. The second-order valence-electron chi connectivity index (χ2n) is 11.0. The van der Waals surface area contributed by atoms with Crippen LogP contribution in [-0.2, 0) is 4.74 Å². The van der Waals surface area contributed by atoms with Crippen molar-refractivity contribution >= 4 is 17.8 Å². The molecule has 0 bridgehead atoms. The highest BCUT2D eigenvalue weighted by Gasteiger charge is 2.28. The second-order valence-corrected chi connectivity index (χ2v) is 11.0. The Kier molecular flexibility index (Phi) is 10.1. The molecular formula is C29H41FN6O4. The number of nitrogens with one attached hydrogen (secondary N) is 1. The Morgan fingerprint density at radius 2 is 1.88 bits per heavy atom. The minimum Gasteiger partial charge on any atom is -0.451 e. The second kappa shape index (κ2) is 13.7. The number of rotatable bonds is 10. The number of carbonyl (C=O) groups is 2. The largest absolute Gasteiger partial charge is 0.451 e. The average Bonchev–Trinajstić information content (AvgIpc) is 2.92. The van der Waals surface area contributed by atoms with Crippen LogP contribution in [0, 0.1) is 11.7 Å². The first-order valence-corrected chi connectivity index (χ1v) is 14.3. The van der Waals surface area contributed by atoms with Crippen molar-refractivity contribution in [3.63, 3.8) is 0 Å². The number of primary amides is 1. The predicted molar refractivity (Wildman–Crippen MR) is 150 cm³/mol. The summed E-state index contributed by atoms with van der Waals surface area (Å²) in [6.45, 7) is 9.21. The molecule has 2 aliphatic rings. The van der Waals surface area contributed by atoms with Crippen LogP contribution in [0.15, 0.2) is 30.7 Å². The Hall–Kier alpha value is -3.47. The van der Waals surface area contributed by atoms with Crippen LogP contribution in [0.5, 0.6) is 11.5 Å². The van der Waals surface area contributed by atoms with Gasteiger partial charge in [0.25, 0.3) is 5.91 Å². The maximum absolute atomic E-state index is 14.2.